The van der Waals surface area contributed by atoms with Gasteiger partial charge in [-0.25, -0.2) is 4.79 Å². The molecule has 0 spiro atoms. The maximum absolute atomic E-state index is 12.8. The molecule has 0 aliphatic heterocycles. The number of carboxylic acid groups (broad SMARTS) is 1. The number of hydrogen-bond acceptors (Lipinski definition) is 2. The van der Waals surface area contributed by atoms with E-state index in [2.05, 4.69) is 5.32 Å². The van der Waals surface area contributed by atoms with Crippen LogP contribution in [0.25, 0.3) is 21.5 Å². The molecule has 2 N–H and O–H groups in total. The number of fused-ring (bicyclic) bond motifs is 2. The number of carbonyl (C=O) groups is 2. The first kappa shape index (κ1) is 15.0. The van der Waals surface area contributed by atoms with E-state index >= 15 is 0 Å². The standard InChI is InChI=1S/C19H17NO3/c1-2-16(19(22)23)20-18(21)17-14-9-5-3-7-12(14)11-13-8-4-6-10-15(13)17/h3-11,16H,2H2,1H3,(H,20,21)(H,22,23)/t16-/m0/s1. The van der Waals surface area contributed by atoms with Gasteiger partial charge in [0.2, 0.25) is 0 Å². The molecule has 116 valence electrons. The van der Waals surface area contributed by atoms with Crippen LogP contribution >= 0.6 is 0 Å². The highest BCUT2D eigenvalue weighted by Gasteiger charge is 2.21. The normalized spacial score (nSPS) is 12.2. The molecule has 3 rings (SSSR count). The number of carbonyl (C=O) groups excluding carboxylic acids is 1. The summed E-state index contributed by atoms with van der Waals surface area (Å²) in [5.74, 6) is -1.38. The van der Waals surface area contributed by atoms with E-state index in [1.54, 1.807) is 6.92 Å². The van der Waals surface area contributed by atoms with Crippen molar-refractivity contribution in [3.8, 4) is 0 Å². The first-order chi connectivity index (χ1) is 11.1. The van der Waals surface area contributed by atoms with Gasteiger partial charge in [-0.1, -0.05) is 55.5 Å². The molecule has 0 unspecified atom stereocenters. The third-order valence-electron chi connectivity index (χ3n) is 4.01. The van der Waals surface area contributed by atoms with Crippen molar-refractivity contribution in [2.24, 2.45) is 0 Å². The molecule has 3 aromatic rings. The zero-order chi connectivity index (χ0) is 16.4. The fourth-order valence-corrected chi connectivity index (χ4v) is 2.83. The molecule has 0 heterocycles. The monoisotopic (exact) mass is 307 g/mol. The molecule has 0 aromatic heterocycles. The van der Waals surface area contributed by atoms with E-state index in [0.717, 1.165) is 21.5 Å². The van der Waals surface area contributed by atoms with Crippen LogP contribution in [-0.4, -0.2) is 23.0 Å². The zero-order valence-corrected chi connectivity index (χ0v) is 12.7. The summed E-state index contributed by atoms with van der Waals surface area (Å²) < 4.78 is 0. The fraction of sp³-hybridized carbons (Fsp3) is 0.158. The van der Waals surface area contributed by atoms with E-state index < -0.39 is 12.0 Å². The van der Waals surface area contributed by atoms with E-state index in [1.165, 1.54) is 0 Å². The van der Waals surface area contributed by atoms with Crippen LogP contribution in [0.4, 0.5) is 0 Å². The predicted molar refractivity (Wildman–Crippen MR) is 90.6 cm³/mol. The van der Waals surface area contributed by atoms with E-state index in [9.17, 15) is 14.7 Å². The van der Waals surface area contributed by atoms with Crippen LogP contribution in [0.5, 0.6) is 0 Å². The highest BCUT2D eigenvalue weighted by atomic mass is 16.4. The summed E-state index contributed by atoms with van der Waals surface area (Å²) in [4.78, 5) is 24.0. The van der Waals surface area contributed by atoms with E-state index in [4.69, 9.17) is 0 Å². The van der Waals surface area contributed by atoms with Crippen LogP contribution in [0.15, 0.2) is 54.6 Å². The number of hydrogen-bond donors (Lipinski definition) is 2. The first-order valence-electron chi connectivity index (χ1n) is 7.56. The topological polar surface area (TPSA) is 66.4 Å². The van der Waals surface area contributed by atoms with E-state index in [0.29, 0.717) is 12.0 Å². The summed E-state index contributed by atoms with van der Waals surface area (Å²) >= 11 is 0. The van der Waals surface area contributed by atoms with Crippen LogP contribution in [0.2, 0.25) is 0 Å². The van der Waals surface area contributed by atoms with Crippen molar-refractivity contribution >= 4 is 33.4 Å². The summed E-state index contributed by atoms with van der Waals surface area (Å²) in [5, 5.41) is 15.4. The van der Waals surface area contributed by atoms with Gasteiger partial charge in [0, 0.05) is 0 Å². The SMILES string of the molecule is CC[C@H](NC(=O)c1c2ccccc2cc2ccccc12)C(=O)O. The Labute approximate surface area is 133 Å². The van der Waals surface area contributed by atoms with Gasteiger partial charge in [0.1, 0.15) is 6.04 Å². The minimum Gasteiger partial charge on any atom is -0.480 e. The van der Waals surface area contributed by atoms with Crippen LogP contribution in [-0.2, 0) is 4.79 Å². The molecule has 4 nitrogen and oxygen atoms in total. The zero-order valence-electron chi connectivity index (χ0n) is 12.7. The largest absolute Gasteiger partial charge is 0.480 e. The van der Waals surface area contributed by atoms with Crippen molar-refractivity contribution in [3.05, 3.63) is 60.2 Å². The molecule has 0 saturated heterocycles. The van der Waals surface area contributed by atoms with Gasteiger partial charge in [-0.15, -0.1) is 0 Å². The average Bonchev–Trinajstić information content (AvgIpc) is 2.56. The van der Waals surface area contributed by atoms with Gasteiger partial charge in [0.15, 0.2) is 0 Å². The molecular weight excluding hydrogens is 290 g/mol. The van der Waals surface area contributed by atoms with Crippen LogP contribution in [0.3, 0.4) is 0 Å². The van der Waals surface area contributed by atoms with Crippen LogP contribution in [0.1, 0.15) is 23.7 Å². The first-order valence-corrected chi connectivity index (χ1v) is 7.56. The van der Waals surface area contributed by atoms with Crippen LogP contribution < -0.4 is 5.32 Å². The van der Waals surface area contributed by atoms with Gasteiger partial charge < -0.3 is 10.4 Å². The molecule has 1 atom stereocenters. The molecule has 1 amide bonds. The van der Waals surface area contributed by atoms with Gasteiger partial charge in [0.05, 0.1) is 5.56 Å². The van der Waals surface area contributed by atoms with Crippen molar-refractivity contribution in [3.63, 3.8) is 0 Å². The number of carboxylic acids is 1. The lowest BCUT2D eigenvalue weighted by Gasteiger charge is -2.15. The van der Waals surface area contributed by atoms with E-state index in [1.807, 2.05) is 54.6 Å². The summed E-state index contributed by atoms with van der Waals surface area (Å²) in [6.45, 7) is 1.74. The summed E-state index contributed by atoms with van der Waals surface area (Å²) in [7, 11) is 0. The molecule has 0 fully saturated rings. The Balaban J connectivity index is 2.20. The fourth-order valence-electron chi connectivity index (χ4n) is 2.83. The maximum Gasteiger partial charge on any atom is 0.326 e. The quantitative estimate of drug-likeness (QED) is 0.724. The molecule has 0 aliphatic rings. The lowest BCUT2D eigenvalue weighted by atomic mass is 9.96. The van der Waals surface area contributed by atoms with E-state index in [-0.39, 0.29) is 5.91 Å². The lowest BCUT2D eigenvalue weighted by Crippen LogP contribution is -2.40. The van der Waals surface area contributed by atoms with Gasteiger partial charge in [-0.05, 0) is 34.0 Å². The summed E-state index contributed by atoms with van der Waals surface area (Å²) in [5.41, 5.74) is 0.526. The lowest BCUT2D eigenvalue weighted by molar-refractivity contribution is -0.139. The number of nitrogens with one attached hydrogen (secondary N) is 1. The Morgan fingerprint density at radius 2 is 1.52 bits per heavy atom. The Kier molecular flexibility index (Phi) is 3.98. The van der Waals surface area contributed by atoms with Crippen molar-refractivity contribution < 1.29 is 14.7 Å². The number of amides is 1. The second-order valence-corrected chi connectivity index (χ2v) is 5.47. The third kappa shape index (κ3) is 2.75. The summed E-state index contributed by atoms with van der Waals surface area (Å²) in [6, 6.07) is 16.4. The van der Waals surface area contributed by atoms with Crippen LogP contribution in [0, 0.1) is 0 Å². The molecular formula is C19H17NO3. The predicted octanol–water partition coefficient (Wildman–Crippen LogP) is 3.59. The second-order valence-electron chi connectivity index (χ2n) is 5.47. The summed E-state index contributed by atoms with van der Waals surface area (Å²) in [6.07, 6.45) is 0.337. The molecule has 3 aromatic carbocycles. The molecule has 0 aliphatic carbocycles. The highest BCUT2D eigenvalue weighted by molar-refractivity contribution is 6.18. The van der Waals surface area contributed by atoms with Crippen molar-refractivity contribution in [1.82, 2.24) is 5.32 Å². The molecule has 0 radical (unpaired) electrons. The number of aliphatic carboxylic acids is 1. The average molecular weight is 307 g/mol. The third-order valence-corrected chi connectivity index (χ3v) is 4.01. The minimum atomic E-state index is -1.02. The van der Waals surface area contributed by atoms with Gasteiger partial charge in [-0.3, -0.25) is 4.79 Å². The minimum absolute atomic E-state index is 0.337. The van der Waals surface area contributed by atoms with Gasteiger partial charge in [0.25, 0.3) is 5.91 Å². The molecule has 0 saturated carbocycles. The smallest absolute Gasteiger partial charge is 0.326 e. The van der Waals surface area contributed by atoms with Crippen molar-refractivity contribution in [2.75, 3.05) is 0 Å². The Bertz CT molecular complexity index is 847. The second kappa shape index (κ2) is 6.08. The number of rotatable bonds is 4. The highest BCUT2D eigenvalue weighted by Crippen LogP contribution is 2.28. The van der Waals surface area contributed by atoms with Crippen molar-refractivity contribution in [1.29, 1.82) is 0 Å². The molecule has 4 heteroatoms. The van der Waals surface area contributed by atoms with Gasteiger partial charge in [-0.2, -0.15) is 0 Å². The van der Waals surface area contributed by atoms with Crippen molar-refractivity contribution in [2.45, 2.75) is 19.4 Å². The number of benzene rings is 3. The Morgan fingerprint density at radius 3 is 2.00 bits per heavy atom. The Morgan fingerprint density at radius 1 is 1.00 bits per heavy atom. The molecule has 23 heavy (non-hydrogen) atoms. The maximum atomic E-state index is 12.8. The van der Waals surface area contributed by atoms with Gasteiger partial charge >= 0.3 is 5.97 Å². The Hall–Kier alpha value is -2.88. The molecule has 0 bridgehead atoms.